The second-order valence-electron chi connectivity index (χ2n) is 2.65. The topological polar surface area (TPSA) is 0 Å². The summed E-state index contributed by atoms with van der Waals surface area (Å²) in [6.07, 6.45) is 0.906. The van der Waals surface area contributed by atoms with Gasteiger partial charge < -0.3 is 12.9 Å². The minimum atomic E-state index is -4.95. The maximum Gasteiger partial charge on any atom is 1.00 e. The number of benzene rings is 1. The van der Waals surface area contributed by atoms with E-state index in [0.717, 1.165) is 18.2 Å². The maximum atomic E-state index is 12.5. The van der Waals surface area contributed by atoms with Crippen molar-refractivity contribution >= 4 is 29.0 Å². The van der Waals surface area contributed by atoms with E-state index in [1.807, 2.05) is 0 Å². The largest absolute Gasteiger partial charge is 1.00 e. The molecule has 0 saturated carbocycles. The first-order valence-corrected chi connectivity index (χ1v) is 4.52. The van der Waals surface area contributed by atoms with Gasteiger partial charge in [-0.05, 0) is 17.7 Å². The summed E-state index contributed by atoms with van der Waals surface area (Å²) in [5.41, 5.74) is 0.297. The Labute approximate surface area is 136 Å². The van der Waals surface area contributed by atoms with Crippen molar-refractivity contribution in [2.75, 3.05) is 0 Å². The first-order valence-electron chi connectivity index (χ1n) is 3.73. The van der Waals surface area contributed by atoms with E-state index >= 15 is 0 Å². The first kappa shape index (κ1) is 15.9. The van der Waals surface area contributed by atoms with E-state index in [0.29, 0.717) is 10.0 Å². The van der Waals surface area contributed by atoms with Gasteiger partial charge in [0, 0.05) is 4.47 Å². The Bertz CT molecular complexity index is 364. The average Bonchev–Trinajstić information content (AvgIpc) is 2.00. The Hall–Kier alpha value is 0.861. The zero-order valence-electron chi connectivity index (χ0n) is 7.85. The molecule has 7 heteroatoms. The van der Waals surface area contributed by atoms with Crippen molar-refractivity contribution in [3.8, 4) is 0 Å². The Morgan fingerprint density at radius 2 is 1.80 bits per heavy atom. The minimum Gasteiger partial charge on any atom is -0.445 e. The van der Waals surface area contributed by atoms with E-state index in [1.54, 1.807) is 0 Å². The fourth-order valence-electron chi connectivity index (χ4n) is 0.849. The summed E-state index contributed by atoms with van der Waals surface area (Å²) in [4.78, 5) is 0. The number of halogens is 5. The predicted octanol–water partition coefficient (Wildman–Crippen LogP) is 0.992. The van der Waals surface area contributed by atoms with Crippen LogP contribution < -0.4 is 51.4 Å². The third-order valence-corrected chi connectivity index (χ3v) is 2.14. The molecule has 0 aromatic heterocycles. The van der Waals surface area contributed by atoms with Gasteiger partial charge in [-0.1, -0.05) is 28.1 Å². The fourth-order valence-corrected chi connectivity index (χ4v) is 1.33. The van der Waals surface area contributed by atoms with Crippen LogP contribution in [0.4, 0.5) is 17.3 Å². The van der Waals surface area contributed by atoms with E-state index in [4.69, 9.17) is 0 Å². The quantitative estimate of drug-likeness (QED) is 0.565. The number of hydrogen-bond donors (Lipinski definition) is 0. The van der Waals surface area contributed by atoms with Gasteiger partial charge in [-0.15, -0.1) is 5.98 Å². The normalized spacial score (nSPS) is 11.5. The third-order valence-electron chi connectivity index (χ3n) is 1.46. The Balaban J connectivity index is 0.00000196. The molecule has 0 unspecified atom stereocenters. The Kier molecular flexibility index (Phi) is 6.94. The summed E-state index contributed by atoms with van der Waals surface area (Å²) < 4.78 is 48.4. The van der Waals surface area contributed by atoms with Crippen LogP contribution in [0.25, 0.3) is 6.08 Å². The molecular formula is C8H5BBrF4K. The van der Waals surface area contributed by atoms with Crippen LogP contribution in [-0.2, 0) is 0 Å². The molecule has 1 aromatic rings. The molecular weight excluding hydrogens is 302 g/mol. The molecule has 0 N–H and O–H groups in total. The second kappa shape index (κ2) is 6.56. The maximum absolute atomic E-state index is 12.5. The second-order valence-corrected chi connectivity index (χ2v) is 3.50. The molecule has 0 aliphatic carbocycles. The Morgan fingerprint density at radius 3 is 2.27 bits per heavy atom. The van der Waals surface area contributed by atoms with Gasteiger partial charge in [-0.25, -0.2) is 4.39 Å². The summed E-state index contributed by atoms with van der Waals surface area (Å²) in [6.45, 7) is -4.95. The molecule has 0 radical (unpaired) electrons. The van der Waals surface area contributed by atoms with E-state index in [9.17, 15) is 17.3 Å². The molecule has 0 fully saturated rings. The van der Waals surface area contributed by atoms with Gasteiger partial charge in [-0.3, -0.25) is 0 Å². The number of rotatable bonds is 2. The predicted molar refractivity (Wildman–Crippen MR) is 52.2 cm³/mol. The molecule has 0 aliphatic heterocycles. The average molecular weight is 307 g/mol. The van der Waals surface area contributed by atoms with Gasteiger partial charge in [-0.2, -0.15) is 0 Å². The van der Waals surface area contributed by atoms with Crippen molar-refractivity contribution in [2.45, 2.75) is 0 Å². The fraction of sp³-hybridized carbons (Fsp3) is 0. The molecule has 76 valence electrons. The molecule has 15 heavy (non-hydrogen) atoms. The molecule has 0 spiro atoms. The molecule has 1 rings (SSSR count). The van der Waals surface area contributed by atoms with Crippen molar-refractivity contribution in [1.29, 1.82) is 0 Å². The SMILES string of the molecule is Fc1ccc(/C=C/[B-](F)(F)F)c(Br)c1.[K+]. The molecule has 0 bridgehead atoms. The smallest absolute Gasteiger partial charge is 0.445 e. The third kappa shape index (κ3) is 6.23. The summed E-state index contributed by atoms with van der Waals surface area (Å²) in [5.74, 6) is -0.329. The van der Waals surface area contributed by atoms with Gasteiger partial charge in [0.1, 0.15) is 5.82 Å². The van der Waals surface area contributed by atoms with Gasteiger partial charge in [0.25, 0.3) is 0 Å². The molecule has 0 amide bonds. The molecule has 0 atom stereocenters. The van der Waals surface area contributed by atoms with Gasteiger partial charge in [0.15, 0.2) is 0 Å². The van der Waals surface area contributed by atoms with Crippen molar-refractivity contribution in [2.24, 2.45) is 0 Å². The zero-order valence-corrected chi connectivity index (χ0v) is 12.6. The van der Waals surface area contributed by atoms with E-state index in [-0.39, 0.29) is 57.4 Å². The van der Waals surface area contributed by atoms with Gasteiger partial charge in [0.2, 0.25) is 0 Å². The van der Waals surface area contributed by atoms with Crippen LogP contribution >= 0.6 is 15.9 Å². The van der Waals surface area contributed by atoms with E-state index in [1.165, 1.54) is 6.07 Å². The standard InChI is InChI=1S/C8H5BBrF4.K/c10-8-5-7(11)2-1-6(8)3-4-9(12,13)14;/h1-5H;/q-1;+1/b4-3+;. The van der Waals surface area contributed by atoms with Crippen molar-refractivity contribution in [1.82, 2.24) is 0 Å². The minimum absolute atomic E-state index is 0. The van der Waals surface area contributed by atoms with Crippen LogP contribution in [-0.4, -0.2) is 6.98 Å². The molecule has 0 heterocycles. The van der Waals surface area contributed by atoms with Crippen LogP contribution in [0.1, 0.15) is 5.56 Å². The van der Waals surface area contributed by atoms with Crippen LogP contribution in [0.15, 0.2) is 28.6 Å². The molecule has 1 aromatic carbocycles. The van der Waals surface area contributed by atoms with Crippen LogP contribution in [0, 0.1) is 5.82 Å². The first-order chi connectivity index (χ1) is 6.38. The van der Waals surface area contributed by atoms with Gasteiger partial charge in [0.05, 0.1) is 0 Å². The monoisotopic (exact) mass is 306 g/mol. The van der Waals surface area contributed by atoms with Crippen molar-refractivity contribution in [3.05, 3.63) is 40.0 Å². The summed E-state index contributed by atoms with van der Waals surface area (Å²) in [5, 5.41) is 0. The van der Waals surface area contributed by atoms with Crippen LogP contribution in [0.2, 0.25) is 0 Å². The number of hydrogen-bond acceptors (Lipinski definition) is 0. The Morgan fingerprint density at radius 1 is 1.20 bits per heavy atom. The van der Waals surface area contributed by atoms with E-state index in [2.05, 4.69) is 15.9 Å². The summed E-state index contributed by atoms with van der Waals surface area (Å²) in [7, 11) is 0. The molecule has 0 aliphatic rings. The summed E-state index contributed by atoms with van der Waals surface area (Å²) in [6, 6.07) is 3.49. The van der Waals surface area contributed by atoms with Crippen LogP contribution in [0.5, 0.6) is 0 Å². The summed E-state index contributed by atoms with van der Waals surface area (Å²) >= 11 is 2.96. The molecule has 0 nitrogen and oxygen atoms in total. The molecule has 0 saturated heterocycles. The van der Waals surface area contributed by atoms with Crippen molar-refractivity contribution in [3.63, 3.8) is 0 Å². The van der Waals surface area contributed by atoms with Gasteiger partial charge >= 0.3 is 58.4 Å². The van der Waals surface area contributed by atoms with E-state index < -0.39 is 12.8 Å². The zero-order chi connectivity index (χ0) is 10.8. The van der Waals surface area contributed by atoms with Crippen molar-refractivity contribution < 1.29 is 68.7 Å². The van der Waals surface area contributed by atoms with Crippen LogP contribution in [0.3, 0.4) is 0 Å².